The highest BCUT2D eigenvalue weighted by Crippen LogP contribution is 2.32. The summed E-state index contributed by atoms with van der Waals surface area (Å²) in [6.45, 7) is 3.87. The van der Waals surface area contributed by atoms with Gasteiger partial charge in [-0.3, -0.25) is 4.79 Å². The number of para-hydroxylation sites is 1. The van der Waals surface area contributed by atoms with E-state index in [4.69, 9.17) is 11.6 Å². The van der Waals surface area contributed by atoms with Gasteiger partial charge in [-0.25, -0.2) is 9.07 Å². The first-order chi connectivity index (χ1) is 14.0. The predicted molar refractivity (Wildman–Crippen MR) is 113 cm³/mol. The number of amides is 1. The van der Waals surface area contributed by atoms with Gasteiger partial charge in [-0.2, -0.15) is 5.10 Å². The van der Waals surface area contributed by atoms with Crippen molar-refractivity contribution in [1.82, 2.24) is 9.78 Å². The number of hydrogen-bond donors (Lipinski definition) is 1. The number of nitrogens with one attached hydrogen (secondary N) is 1. The average Bonchev–Trinajstić information content (AvgIpc) is 3.33. The fraction of sp³-hybridized carbons (Fsp3) is 0.273. The van der Waals surface area contributed by atoms with Crippen LogP contribution in [0.1, 0.15) is 34.5 Å². The number of nitrogens with zero attached hydrogens (tertiary/aromatic N) is 3. The standard InChI is InChI=1S/C22H22ClFN4O/c1-15-19(21(23)28(26-15)14-16-8-3-2-4-9-16)22(29)25-20-17(24)10-7-11-18(20)27-12-5-6-13-27/h2-4,7-11H,5-6,12-14H2,1H3,(H,25,29). The third-order valence-electron chi connectivity index (χ3n) is 5.14. The maximum atomic E-state index is 14.6. The van der Waals surface area contributed by atoms with Crippen LogP contribution in [0.15, 0.2) is 48.5 Å². The largest absolute Gasteiger partial charge is 0.370 e. The van der Waals surface area contributed by atoms with Crippen molar-refractivity contribution in [2.45, 2.75) is 26.3 Å². The Balaban J connectivity index is 1.61. The molecule has 4 rings (SSSR count). The van der Waals surface area contributed by atoms with E-state index in [-0.39, 0.29) is 16.4 Å². The fourth-order valence-electron chi connectivity index (χ4n) is 3.71. The minimum Gasteiger partial charge on any atom is -0.370 e. The molecule has 0 bridgehead atoms. The predicted octanol–water partition coefficient (Wildman–Crippen LogP) is 4.88. The van der Waals surface area contributed by atoms with Crippen molar-refractivity contribution in [3.05, 3.63) is 76.3 Å². The maximum absolute atomic E-state index is 14.6. The molecule has 1 aliphatic heterocycles. The molecule has 1 N–H and O–H groups in total. The Morgan fingerprint density at radius 2 is 1.86 bits per heavy atom. The van der Waals surface area contributed by atoms with E-state index in [0.29, 0.717) is 17.9 Å². The molecule has 0 radical (unpaired) electrons. The minimum atomic E-state index is -0.465. The van der Waals surface area contributed by atoms with E-state index < -0.39 is 11.7 Å². The first-order valence-corrected chi connectivity index (χ1v) is 10.0. The van der Waals surface area contributed by atoms with Gasteiger partial charge in [0.2, 0.25) is 0 Å². The van der Waals surface area contributed by atoms with Crippen molar-refractivity contribution in [3.8, 4) is 0 Å². The number of carbonyl (C=O) groups is 1. The Hall–Kier alpha value is -2.86. The van der Waals surface area contributed by atoms with E-state index in [2.05, 4.69) is 15.3 Å². The first-order valence-electron chi connectivity index (χ1n) is 9.66. The molecule has 1 amide bonds. The van der Waals surface area contributed by atoms with Crippen molar-refractivity contribution in [2.24, 2.45) is 0 Å². The Morgan fingerprint density at radius 3 is 2.59 bits per heavy atom. The van der Waals surface area contributed by atoms with Gasteiger partial charge < -0.3 is 10.2 Å². The minimum absolute atomic E-state index is 0.186. The van der Waals surface area contributed by atoms with E-state index in [1.165, 1.54) is 6.07 Å². The molecule has 150 valence electrons. The van der Waals surface area contributed by atoms with Gasteiger partial charge in [-0.05, 0) is 37.5 Å². The van der Waals surface area contributed by atoms with Gasteiger partial charge in [0.25, 0.3) is 5.91 Å². The highest BCUT2D eigenvalue weighted by molar-refractivity contribution is 6.33. The van der Waals surface area contributed by atoms with Gasteiger partial charge in [0, 0.05) is 13.1 Å². The molecular weight excluding hydrogens is 391 g/mol. The van der Waals surface area contributed by atoms with Gasteiger partial charge in [0.15, 0.2) is 0 Å². The number of benzene rings is 2. The van der Waals surface area contributed by atoms with Gasteiger partial charge >= 0.3 is 0 Å². The van der Waals surface area contributed by atoms with Crippen LogP contribution in [0, 0.1) is 12.7 Å². The van der Waals surface area contributed by atoms with Gasteiger partial charge in [0.05, 0.1) is 23.5 Å². The smallest absolute Gasteiger partial charge is 0.260 e. The second kappa shape index (κ2) is 8.25. The van der Waals surface area contributed by atoms with Crippen LogP contribution in [0.2, 0.25) is 5.15 Å². The summed E-state index contributed by atoms with van der Waals surface area (Å²) in [5.74, 6) is -0.925. The lowest BCUT2D eigenvalue weighted by atomic mass is 10.2. The van der Waals surface area contributed by atoms with E-state index in [1.807, 2.05) is 36.4 Å². The van der Waals surface area contributed by atoms with Crippen LogP contribution in [-0.2, 0) is 6.54 Å². The van der Waals surface area contributed by atoms with Crippen molar-refractivity contribution in [3.63, 3.8) is 0 Å². The lowest BCUT2D eigenvalue weighted by molar-refractivity contribution is 0.102. The highest BCUT2D eigenvalue weighted by atomic mass is 35.5. The summed E-state index contributed by atoms with van der Waals surface area (Å²) in [6.07, 6.45) is 2.11. The summed E-state index contributed by atoms with van der Waals surface area (Å²) in [6, 6.07) is 14.6. The molecule has 1 saturated heterocycles. The Bertz CT molecular complexity index is 1030. The van der Waals surface area contributed by atoms with E-state index in [9.17, 15) is 9.18 Å². The third kappa shape index (κ3) is 3.98. The SMILES string of the molecule is Cc1nn(Cc2ccccc2)c(Cl)c1C(=O)Nc1c(F)cccc1N1CCCC1. The zero-order chi connectivity index (χ0) is 20.4. The molecule has 0 atom stereocenters. The maximum Gasteiger partial charge on any atom is 0.260 e. The molecule has 2 heterocycles. The summed E-state index contributed by atoms with van der Waals surface area (Å²) >= 11 is 6.48. The molecular formula is C22H22ClFN4O. The Morgan fingerprint density at radius 1 is 1.14 bits per heavy atom. The van der Waals surface area contributed by atoms with Crippen LogP contribution >= 0.6 is 11.6 Å². The van der Waals surface area contributed by atoms with Crippen LogP contribution in [0.4, 0.5) is 15.8 Å². The summed E-state index contributed by atoms with van der Waals surface area (Å²) in [7, 11) is 0. The van der Waals surface area contributed by atoms with E-state index in [0.717, 1.165) is 31.5 Å². The Kier molecular flexibility index (Phi) is 5.53. The van der Waals surface area contributed by atoms with Crippen LogP contribution in [0.25, 0.3) is 0 Å². The molecule has 3 aromatic rings. The summed E-state index contributed by atoms with van der Waals surface area (Å²) in [5.41, 5.74) is 2.67. The molecule has 0 saturated carbocycles. The number of aryl methyl sites for hydroxylation is 1. The highest BCUT2D eigenvalue weighted by Gasteiger charge is 2.24. The van der Waals surface area contributed by atoms with Gasteiger partial charge in [-0.1, -0.05) is 48.0 Å². The number of hydrogen-bond acceptors (Lipinski definition) is 3. The van der Waals surface area contributed by atoms with Crippen LogP contribution in [0.5, 0.6) is 0 Å². The Labute approximate surface area is 174 Å². The lowest BCUT2D eigenvalue weighted by Gasteiger charge is -2.22. The van der Waals surface area contributed by atoms with Crippen molar-refractivity contribution in [2.75, 3.05) is 23.3 Å². The quantitative estimate of drug-likeness (QED) is 0.649. The van der Waals surface area contributed by atoms with Crippen molar-refractivity contribution >= 4 is 28.9 Å². The topological polar surface area (TPSA) is 50.2 Å². The van der Waals surface area contributed by atoms with Gasteiger partial charge in [0.1, 0.15) is 16.7 Å². The molecule has 29 heavy (non-hydrogen) atoms. The van der Waals surface area contributed by atoms with Crippen molar-refractivity contribution < 1.29 is 9.18 Å². The van der Waals surface area contributed by atoms with E-state index >= 15 is 0 Å². The molecule has 1 aromatic heterocycles. The zero-order valence-electron chi connectivity index (χ0n) is 16.2. The molecule has 1 aliphatic rings. The summed E-state index contributed by atoms with van der Waals surface area (Å²) in [5, 5.41) is 7.39. The van der Waals surface area contributed by atoms with E-state index in [1.54, 1.807) is 17.7 Å². The van der Waals surface area contributed by atoms with Gasteiger partial charge in [-0.15, -0.1) is 0 Å². The molecule has 0 aliphatic carbocycles. The first kappa shape index (κ1) is 19.5. The summed E-state index contributed by atoms with van der Waals surface area (Å²) < 4.78 is 16.2. The van der Waals surface area contributed by atoms with Crippen LogP contribution in [0.3, 0.4) is 0 Å². The fourth-order valence-corrected chi connectivity index (χ4v) is 4.03. The number of aromatic nitrogens is 2. The average molecular weight is 413 g/mol. The zero-order valence-corrected chi connectivity index (χ0v) is 16.9. The second-order valence-electron chi connectivity index (χ2n) is 7.18. The monoisotopic (exact) mass is 412 g/mol. The van der Waals surface area contributed by atoms with Crippen LogP contribution in [-0.4, -0.2) is 28.8 Å². The molecule has 1 fully saturated rings. The third-order valence-corrected chi connectivity index (χ3v) is 5.53. The van der Waals surface area contributed by atoms with Crippen LogP contribution < -0.4 is 10.2 Å². The summed E-state index contributed by atoms with van der Waals surface area (Å²) in [4.78, 5) is 15.1. The number of halogens is 2. The number of anilines is 2. The molecule has 7 heteroatoms. The molecule has 0 unspecified atom stereocenters. The molecule has 5 nitrogen and oxygen atoms in total. The second-order valence-corrected chi connectivity index (χ2v) is 7.53. The van der Waals surface area contributed by atoms with Crippen molar-refractivity contribution in [1.29, 1.82) is 0 Å². The molecule has 0 spiro atoms. The normalized spacial score (nSPS) is 13.7. The molecule has 2 aromatic carbocycles. The number of carbonyl (C=O) groups excluding carboxylic acids is 1. The lowest BCUT2D eigenvalue weighted by Crippen LogP contribution is -2.22. The number of rotatable bonds is 5.